The summed E-state index contributed by atoms with van der Waals surface area (Å²) in [4.78, 5) is 171. The zero-order chi connectivity index (χ0) is 69.1. The van der Waals surface area contributed by atoms with Crippen LogP contribution in [0.4, 0.5) is 0 Å². The second-order valence-corrected chi connectivity index (χ2v) is 23.4. The van der Waals surface area contributed by atoms with Gasteiger partial charge in [-0.1, -0.05) is 98.6 Å². The van der Waals surface area contributed by atoms with Crippen LogP contribution in [0.25, 0.3) is 0 Å². The Hall–Kier alpha value is -8.68. The van der Waals surface area contributed by atoms with Gasteiger partial charge in [-0.25, -0.2) is 4.79 Å². The Morgan fingerprint density at radius 3 is 1.35 bits per heavy atom. The first-order chi connectivity index (χ1) is 42.8. The summed E-state index contributed by atoms with van der Waals surface area (Å²) in [6.45, 7) is 13.9. The molecule has 0 aliphatic rings. The Labute approximate surface area is 531 Å². The van der Waals surface area contributed by atoms with Gasteiger partial charge in [-0.15, -0.1) is 0 Å². The normalized spacial score (nSPS) is 15.1. The topological polar surface area (TPSA) is 560 Å². The molecule has 0 aliphatic heterocycles. The van der Waals surface area contributed by atoms with Crippen molar-refractivity contribution in [1.82, 2.24) is 47.9 Å². The van der Waals surface area contributed by atoms with Crippen molar-refractivity contribution in [2.75, 3.05) is 19.6 Å². The summed E-state index contributed by atoms with van der Waals surface area (Å²) in [7, 11) is 0. The number of carboxylic acids is 2. The molecule has 1 rings (SSSR count). The van der Waals surface area contributed by atoms with E-state index in [9.17, 15) is 67.7 Å². The number of unbranched alkanes of at least 4 members (excludes halogenated alkanes) is 1. The van der Waals surface area contributed by atoms with Gasteiger partial charge in [-0.2, -0.15) is 0 Å². The largest absolute Gasteiger partial charge is 0.481 e. The molecule has 0 saturated carbocycles. The first kappa shape index (κ1) is 80.3. The number of guanidine groups is 2. The lowest BCUT2D eigenvalue weighted by molar-refractivity contribution is -0.143. The number of rotatable bonds is 45. The van der Waals surface area contributed by atoms with Crippen LogP contribution in [-0.4, -0.2) is 173 Å². The van der Waals surface area contributed by atoms with Gasteiger partial charge in [-0.3, -0.25) is 62.7 Å². The lowest BCUT2D eigenvalue weighted by atomic mass is 9.95. The van der Waals surface area contributed by atoms with Gasteiger partial charge in [0.2, 0.25) is 59.1 Å². The molecule has 0 unspecified atom stereocenters. The molecule has 512 valence electrons. The van der Waals surface area contributed by atoms with Gasteiger partial charge in [0.05, 0.1) is 12.5 Å². The summed E-state index contributed by atoms with van der Waals surface area (Å²) in [5, 5.41) is 43.0. The van der Waals surface area contributed by atoms with Crippen LogP contribution in [0.5, 0.6) is 0 Å². The molecule has 0 aromatic heterocycles. The third-order valence-corrected chi connectivity index (χ3v) is 14.9. The monoisotopic (exact) mass is 1290 g/mol. The Morgan fingerprint density at radius 2 is 0.879 bits per heavy atom. The number of aliphatic carboxylic acids is 2. The molecule has 0 fully saturated rings. The lowest BCUT2D eigenvalue weighted by Crippen LogP contribution is -2.62. The molecule has 0 saturated heterocycles. The van der Waals surface area contributed by atoms with Crippen molar-refractivity contribution in [2.24, 2.45) is 73.8 Å². The molecule has 32 heteroatoms. The fourth-order valence-electron chi connectivity index (χ4n) is 9.18. The smallest absolute Gasteiger partial charge is 0.326 e. The van der Waals surface area contributed by atoms with Crippen molar-refractivity contribution >= 4 is 82.9 Å². The lowest BCUT2D eigenvalue weighted by Gasteiger charge is -2.30. The Morgan fingerprint density at radius 1 is 0.473 bits per heavy atom. The molecule has 32 nitrogen and oxygen atoms in total. The Bertz CT molecular complexity index is 2620. The van der Waals surface area contributed by atoms with Crippen molar-refractivity contribution in [1.29, 1.82) is 0 Å². The number of nitrogens with zero attached hydrogens (tertiary/aromatic N) is 2. The van der Waals surface area contributed by atoms with Gasteiger partial charge in [0.15, 0.2) is 11.9 Å². The van der Waals surface area contributed by atoms with Crippen LogP contribution in [0.3, 0.4) is 0 Å². The molecule has 1 aromatic rings. The first-order valence-electron chi connectivity index (χ1n) is 30.8. The maximum atomic E-state index is 14.6. The summed E-state index contributed by atoms with van der Waals surface area (Å²) in [6, 6.07) is -5.88. The average molecular weight is 1290 g/mol. The molecule has 0 heterocycles. The molecule has 91 heavy (non-hydrogen) atoms. The summed E-state index contributed by atoms with van der Waals surface area (Å²) in [5.74, 6) is -14.2. The van der Waals surface area contributed by atoms with Crippen molar-refractivity contribution < 1.29 is 67.7 Å². The van der Waals surface area contributed by atoms with Crippen molar-refractivity contribution in [3.63, 3.8) is 0 Å². The maximum absolute atomic E-state index is 14.6. The number of hydrogen-bond donors (Lipinski definition) is 18. The highest BCUT2D eigenvalue weighted by molar-refractivity contribution is 5.99. The number of carboxylic acid groups (broad SMARTS) is 2. The van der Waals surface area contributed by atoms with E-state index in [0.717, 1.165) is 0 Å². The highest BCUT2D eigenvalue weighted by Gasteiger charge is 2.38. The fourth-order valence-corrected chi connectivity index (χ4v) is 9.18. The zero-order valence-corrected chi connectivity index (χ0v) is 53.7. The van der Waals surface area contributed by atoms with Crippen molar-refractivity contribution in [2.45, 2.75) is 206 Å². The van der Waals surface area contributed by atoms with E-state index in [1.165, 1.54) is 0 Å². The summed E-state index contributed by atoms with van der Waals surface area (Å²) in [6.07, 6.45) is -0.410. The number of primary amides is 1. The van der Waals surface area contributed by atoms with E-state index in [2.05, 4.69) is 57.8 Å². The van der Waals surface area contributed by atoms with Gasteiger partial charge < -0.3 is 98.2 Å². The van der Waals surface area contributed by atoms with Crippen LogP contribution in [-0.2, 0) is 64.0 Å². The van der Waals surface area contributed by atoms with Crippen LogP contribution >= 0.6 is 0 Å². The number of nitrogens with two attached hydrogens (primary N) is 7. The number of carbonyl (C=O) groups is 12. The van der Waals surface area contributed by atoms with Crippen LogP contribution in [0.1, 0.15) is 144 Å². The summed E-state index contributed by atoms with van der Waals surface area (Å²) >= 11 is 0. The van der Waals surface area contributed by atoms with E-state index in [4.69, 9.17) is 40.1 Å². The predicted octanol–water partition coefficient (Wildman–Crippen LogP) is -3.23. The first-order valence-corrected chi connectivity index (χ1v) is 30.8. The van der Waals surface area contributed by atoms with Crippen LogP contribution in [0, 0.1) is 23.7 Å². The van der Waals surface area contributed by atoms with Crippen molar-refractivity contribution in [3.8, 4) is 0 Å². The van der Waals surface area contributed by atoms with Crippen LogP contribution in [0.2, 0.25) is 0 Å². The van der Waals surface area contributed by atoms with Crippen LogP contribution in [0.15, 0.2) is 40.3 Å². The van der Waals surface area contributed by atoms with E-state index in [-0.39, 0.29) is 88.8 Å². The summed E-state index contributed by atoms with van der Waals surface area (Å²) in [5.41, 5.74) is 39.8. The molecule has 0 bridgehead atoms. The standard InChI is InChI=1S/C59H102N18O14/c1-9-33(7)46(55(88)70-37(21-14-15-25-60)49(82)73-41(30-44(79)80)53(86)72-40(29-35-18-12-11-13-19-35)52(85)74-42(57(90)91)28-31(3)4)77-51(84)38(22-17-27-68-59(65)66)69-50(83)39(23-24-43(62)78)71-54(87)45(32(5)6)75-56(89)47(34(8)10-2)76-48(81)36(61)20-16-26-67-58(63)64/h11-13,18-19,31-34,36-42,45-47H,9-10,14-17,20-30,60-61H2,1-8H3,(H2,62,78)(H,69,83)(H,70,88)(H,71,87)(H,72,86)(H,73,82)(H,74,85)(H,75,89)(H,76,81)(H,77,84)(H,79,80)(H,90,91)(H4,63,64,67)(H4,65,66,68)/t33-,34-,36-,37-,38-,39-,40-,41-,42-,45-,46-,47-/m0/s1. The zero-order valence-electron chi connectivity index (χ0n) is 53.7. The van der Waals surface area contributed by atoms with Gasteiger partial charge >= 0.3 is 11.9 Å². The molecule has 0 radical (unpaired) electrons. The third-order valence-electron chi connectivity index (χ3n) is 14.9. The number of benzene rings is 1. The Kier molecular flexibility index (Phi) is 37.4. The minimum atomic E-state index is -1.86. The average Bonchev–Trinajstić information content (AvgIpc) is 1.01. The van der Waals surface area contributed by atoms with E-state index in [0.29, 0.717) is 24.8 Å². The molecule has 0 spiro atoms. The highest BCUT2D eigenvalue weighted by Crippen LogP contribution is 2.16. The Balaban J connectivity index is 3.68. The third kappa shape index (κ3) is 31.6. The van der Waals surface area contributed by atoms with E-state index in [1.807, 2.05) is 0 Å². The predicted molar refractivity (Wildman–Crippen MR) is 340 cm³/mol. The molecule has 1 aromatic carbocycles. The van der Waals surface area contributed by atoms with Crippen LogP contribution < -0.4 is 88.0 Å². The van der Waals surface area contributed by atoms with E-state index < -0.39 is 168 Å². The van der Waals surface area contributed by atoms with Gasteiger partial charge in [-0.05, 0) is 93.6 Å². The number of nitrogens with one attached hydrogen (secondary N) is 9. The summed E-state index contributed by atoms with van der Waals surface area (Å²) < 4.78 is 0. The molecule has 25 N–H and O–H groups in total. The molecule has 10 amide bonds. The second kappa shape index (κ2) is 42.3. The van der Waals surface area contributed by atoms with E-state index in [1.54, 1.807) is 85.7 Å². The minimum Gasteiger partial charge on any atom is -0.481 e. The minimum absolute atomic E-state index is 0.0385. The number of amides is 10. The van der Waals surface area contributed by atoms with Gasteiger partial charge in [0, 0.05) is 25.9 Å². The molecule has 0 aliphatic carbocycles. The quantitative estimate of drug-likeness (QED) is 0.0173. The van der Waals surface area contributed by atoms with Gasteiger partial charge in [0.1, 0.15) is 54.4 Å². The second-order valence-electron chi connectivity index (χ2n) is 23.4. The fraction of sp³-hybridized carbons (Fsp3) is 0.661. The number of carbonyl (C=O) groups excluding carboxylic acids is 10. The van der Waals surface area contributed by atoms with Crippen molar-refractivity contribution in [3.05, 3.63) is 35.9 Å². The molecular formula is C59H102N18O14. The molecule has 12 atom stereocenters. The van der Waals surface area contributed by atoms with E-state index >= 15 is 0 Å². The maximum Gasteiger partial charge on any atom is 0.326 e. The van der Waals surface area contributed by atoms with Gasteiger partial charge in [0.25, 0.3) is 0 Å². The molecular weight excluding hydrogens is 1180 g/mol. The highest BCUT2D eigenvalue weighted by atomic mass is 16.4. The number of hydrogen-bond acceptors (Lipinski definition) is 16. The SMILES string of the molecule is CC[C@H](C)[C@H](NC(=O)[C@H](CCCN=C(N)N)NC(=O)[C@H](CCC(N)=O)NC(=O)[C@@H](NC(=O)[C@@H](NC(=O)[C@@H](N)CCCN=C(N)N)[C@@H](C)CC)C(C)C)C(=O)N[C@@H](CCCCN)C(=O)N[C@@H](CC(=O)O)C(=O)N[C@@H](Cc1ccccc1)C(=O)N[C@@H](CC(C)C)C(=O)O. The number of aliphatic imine (C=N–C) groups is 2.